The molecule has 0 amide bonds. The van der Waals surface area contributed by atoms with Crippen molar-refractivity contribution in [3.8, 4) is 5.75 Å². The summed E-state index contributed by atoms with van der Waals surface area (Å²) in [5.74, 6) is 0.260. The van der Waals surface area contributed by atoms with Crippen LogP contribution < -0.4 is 10.5 Å². The highest BCUT2D eigenvalue weighted by molar-refractivity contribution is 5.89. The van der Waals surface area contributed by atoms with E-state index in [-0.39, 0.29) is 18.6 Å². The number of ether oxygens (including phenoxy) is 2. The summed E-state index contributed by atoms with van der Waals surface area (Å²) >= 11 is 0. The van der Waals surface area contributed by atoms with E-state index in [1.54, 1.807) is 36.7 Å². The van der Waals surface area contributed by atoms with Crippen LogP contribution in [-0.2, 0) is 17.9 Å². The van der Waals surface area contributed by atoms with E-state index in [4.69, 9.17) is 15.2 Å². The second-order valence-corrected chi connectivity index (χ2v) is 5.74. The Morgan fingerprint density at radius 2 is 1.73 bits per heavy atom. The third kappa shape index (κ3) is 5.15. The van der Waals surface area contributed by atoms with Crippen molar-refractivity contribution in [3.63, 3.8) is 0 Å². The Balaban J connectivity index is 1.46. The number of hydrogen-bond donors (Lipinski definition) is 1. The monoisotopic (exact) mass is 352 g/mol. The minimum absolute atomic E-state index is 0.238. The van der Waals surface area contributed by atoms with Gasteiger partial charge >= 0.3 is 5.97 Å². The maximum Gasteiger partial charge on any atom is 0.338 e. The van der Waals surface area contributed by atoms with Crippen molar-refractivity contribution in [2.45, 2.75) is 19.2 Å². The minimum Gasteiger partial charge on any atom is -0.492 e. The molecule has 3 aromatic rings. The smallest absolute Gasteiger partial charge is 0.338 e. The Morgan fingerprint density at radius 3 is 2.42 bits per heavy atom. The highest BCUT2D eigenvalue weighted by Gasteiger charge is 2.09. The molecule has 7 heteroatoms. The van der Waals surface area contributed by atoms with Gasteiger partial charge < -0.3 is 15.2 Å². The fraction of sp³-hybridized carbons (Fsp3) is 0.211. The van der Waals surface area contributed by atoms with E-state index in [0.29, 0.717) is 24.5 Å². The molecule has 0 saturated carbocycles. The zero-order valence-corrected chi connectivity index (χ0v) is 14.2. The van der Waals surface area contributed by atoms with Crippen LogP contribution in [0.25, 0.3) is 0 Å². The molecule has 0 radical (unpaired) electrons. The summed E-state index contributed by atoms with van der Waals surface area (Å²) in [7, 11) is 0. The van der Waals surface area contributed by atoms with Crippen molar-refractivity contribution in [1.82, 2.24) is 15.0 Å². The van der Waals surface area contributed by atoms with Crippen LogP contribution in [0.4, 0.5) is 0 Å². The molecule has 1 aromatic heterocycles. The lowest BCUT2D eigenvalue weighted by molar-refractivity contribution is 0.0472. The summed E-state index contributed by atoms with van der Waals surface area (Å²) in [4.78, 5) is 13.6. The van der Waals surface area contributed by atoms with Crippen LogP contribution >= 0.6 is 0 Å². The zero-order valence-electron chi connectivity index (χ0n) is 14.2. The molecular formula is C19H20N4O3. The maximum atomic E-state index is 12.1. The molecule has 26 heavy (non-hydrogen) atoms. The van der Waals surface area contributed by atoms with Crippen LogP contribution in [0.3, 0.4) is 0 Å². The number of aromatic nitrogens is 3. The predicted molar refractivity (Wildman–Crippen MR) is 95.5 cm³/mol. The first kappa shape index (κ1) is 17.6. The van der Waals surface area contributed by atoms with Crippen molar-refractivity contribution in [2.75, 3.05) is 6.61 Å². The Bertz CT molecular complexity index is 805. The first-order valence-corrected chi connectivity index (χ1v) is 8.24. The quantitative estimate of drug-likeness (QED) is 0.624. The summed E-state index contributed by atoms with van der Waals surface area (Å²) in [5.41, 5.74) is 7.40. The Morgan fingerprint density at radius 1 is 1.04 bits per heavy atom. The number of rotatable bonds is 8. The van der Waals surface area contributed by atoms with Gasteiger partial charge in [0.25, 0.3) is 0 Å². The summed E-state index contributed by atoms with van der Waals surface area (Å²) in [6.45, 7) is 1.03. The lowest BCUT2D eigenvalue weighted by Gasteiger charge is -2.13. The molecule has 0 aliphatic rings. The fourth-order valence-corrected chi connectivity index (χ4v) is 2.30. The molecule has 0 fully saturated rings. The topological polar surface area (TPSA) is 92.3 Å². The molecule has 0 aliphatic carbocycles. The molecule has 2 aromatic carbocycles. The van der Waals surface area contributed by atoms with Gasteiger partial charge in [0.05, 0.1) is 30.5 Å². The molecule has 0 spiro atoms. The van der Waals surface area contributed by atoms with Crippen LogP contribution in [0.15, 0.2) is 67.0 Å². The molecule has 134 valence electrons. The molecule has 0 saturated heterocycles. The summed E-state index contributed by atoms with van der Waals surface area (Å²) in [6.07, 6.45) is 3.20. The van der Waals surface area contributed by atoms with Crippen LogP contribution in [0.5, 0.6) is 5.75 Å². The predicted octanol–water partition coefficient (Wildman–Crippen LogP) is 2.04. The minimum atomic E-state index is -0.373. The van der Waals surface area contributed by atoms with Crippen molar-refractivity contribution in [3.05, 3.63) is 78.1 Å². The maximum absolute atomic E-state index is 12.1. The number of carbonyl (C=O) groups excluding carboxylic acids is 1. The molecule has 1 atom stereocenters. The highest BCUT2D eigenvalue weighted by Crippen LogP contribution is 2.14. The van der Waals surface area contributed by atoms with Crippen molar-refractivity contribution >= 4 is 5.97 Å². The fourth-order valence-electron chi connectivity index (χ4n) is 2.30. The third-order valence-corrected chi connectivity index (χ3v) is 3.63. The summed E-state index contributed by atoms with van der Waals surface area (Å²) in [6, 6.07) is 16.1. The Hall–Kier alpha value is -3.19. The Kier molecular flexibility index (Phi) is 5.95. The number of carbonyl (C=O) groups is 1. The first-order chi connectivity index (χ1) is 12.7. The van der Waals surface area contributed by atoms with Gasteiger partial charge in [-0.25, -0.2) is 4.79 Å². The van der Waals surface area contributed by atoms with Gasteiger partial charge in [-0.1, -0.05) is 30.3 Å². The van der Waals surface area contributed by atoms with Crippen LogP contribution in [0.1, 0.15) is 15.9 Å². The van der Waals surface area contributed by atoms with Gasteiger partial charge in [0.2, 0.25) is 0 Å². The number of hydrogen-bond acceptors (Lipinski definition) is 6. The van der Waals surface area contributed by atoms with E-state index in [0.717, 1.165) is 5.56 Å². The van der Waals surface area contributed by atoms with Crippen molar-refractivity contribution < 1.29 is 14.3 Å². The van der Waals surface area contributed by atoms with E-state index in [1.165, 1.54) is 4.80 Å². The summed E-state index contributed by atoms with van der Waals surface area (Å²) in [5, 5.41) is 8.00. The average Bonchev–Trinajstić information content (AvgIpc) is 3.18. The van der Waals surface area contributed by atoms with Crippen LogP contribution in [0, 0.1) is 0 Å². The molecule has 0 aliphatic heterocycles. The largest absolute Gasteiger partial charge is 0.492 e. The lowest BCUT2D eigenvalue weighted by atomic mass is 10.2. The van der Waals surface area contributed by atoms with Crippen LogP contribution in [0.2, 0.25) is 0 Å². The lowest BCUT2D eigenvalue weighted by Crippen LogP contribution is -2.33. The molecule has 0 unspecified atom stereocenters. The second kappa shape index (κ2) is 8.77. The molecule has 1 heterocycles. The van der Waals surface area contributed by atoms with E-state index < -0.39 is 0 Å². The van der Waals surface area contributed by atoms with Crippen molar-refractivity contribution in [2.24, 2.45) is 5.73 Å². The number of benzene rings is 2. The SMILES string of the molecule is N[C@@H](COc1ccc(C(=O)OCc2ccccc2)cc1)Cn1nccn1. The third-order valence-electron chi connectivity index (χ3n) is 3.63. The van der Waals surface area contributed by atoms with Gasteiger partial charge in [0.15, 0.2) is 0 Å². The van der Waals surface area contributed by atoms with Gasteiger partial charge in [-0.3, -0.25) is 0 Å². The number of nitrogens with two attached hydrogens (primary N) is 1. The normalized spacial score (nSPS) is 11.7. The average molecular weight is 352 g/mol. The van der Waals surface area contributed by atoms with E-state index in [9.17, 15) is 4.79 Å². The van der Waals surface area contributed by atoms with E-state index in [2.05, 4.69) is 10.2 Å². The van der Waals surface area contributed by atoms with Gasteiger partial charge in [-0.15, -0.1) is 0 Å². The molecular weight excluding hydrogens is 332 g/mol. The molecule has 3 rings (SSSR count). The highest BCUT2D eigenvalue weighted by atomic mass is 16.5. The number of esters is 1. The van der Waals surface area contributed by atoms with Crippen LogP contribution in [-0.4, -0.2) is 33.6 Å². The van der Waals surface area contributed by atoms with Gasteiger partial charge in [-0.05, 0) is 29.8 Å². The number of nitrogens with zero attached hydrogens (tertiary/aromatic N) is 3. The summed E-state index contributed by atoms with van der Waals surface area (Å²) < 4.78 is 10.9. The van der Waals surface area contributed by atoms with Gasteiger partial charge in [0.1, 0.15) is 19.0 Å². The molecule has 0 bridgehead atoms. The van der Waals surface area contributed by atoms with Gasteiger partial charge in [-0.2, -0.15) is 15.0 Å². The van der Waals surface area contributed by atoms with E-state index >= 15 is 0 Å². The van der Waals surface area contributed by atoms with Gasteiger partial charge in [0, 0.05) is 0 Å². The second-order valence-electron chi connectivity index (χ2n) is 5.74. The standard InChI is InChI=1S/C19H20N4O3/c20-17(12-23-21-10-11-22-23)14-25-18-8-6-16(7-9-18)19(24)26-13-15-4-2-1-3-5-15/h1-11,17H,12-14,20H2/t17-/m1/s1. The zero-order chi connectivity index (χ0) is 18.2. The first-order valence-electron chi connectivity index (χ1n) is 8.24. The van der Waals surface area contributed by atoms with E-state index in [1.807, 2.05) is 30.3 Å². The molecule has 2 N–H and O–H groups in total. The molecule has 7 nitrogen and oxygen atoms in total. The van der Waals surface area contributed by atoms with Crippen molar-refractivity contribution in [1.29, 1.82) is 0 Å². The Labute approximate surface area is 151 Å².